The Morgan fingerprint density at radius 1 is 1.57 bits per heavy atom. The van der Waals surface area contributed by atoms with E-state index in [1.165, 1.54) is 6.07 Å². The van der Waals surface area contributed by atoms with Crippen LogP contribution in [-0.2, 0) is 4.79 Å². The molecule has 1 aliphatic rings. The number of hydrogen-bond acceptors (Lipinski definition) is 2. The summed E-state index contributed by atoms with van der Waals surface area (Å²) in [6.07, 6.45) is 2.16. The van der Waals surface area contributed by atoms with E-state index in [2.05, 4.69) is 20.8 Å². The van der Waals surface area contributed by atoms with Crippen LogP contribution in [0.3, 0.4) is 0 Å². The number of carbonyl (C=O) groups is 1. The smallest absolute Gasteiger partial charge is 0.310 e. The quantitative estimate of drug-likeness (QED) is 0.857. The zero-order chi connectivity index (χ0) is 15.6. The molecule has 1 heterocycles. The van der Waals surface area contributed by atoms with Crippen molar-refractivity contribution in [2.24, 2.45) is 5.41 Å². The fourth-order valence-corrected chi connectivity index (χ4v) is 3.61. The molecular weight excluding hydrogens is 337 g/mol. The van der Waals surface area contributed by atoms with E-state index in [1.807, 2.05) is 13.8 Å². The summed E-state index contributed by atoms with van der Waals surface area (Å²) in [5.41, 5.74) is -0.0621. The van der Waals surface area contributed by atoms with Crippen LogP contribution in [0.25, 0.3) is 0 Å². The lowest BCUT2D eigenvalue weighted by Gasteiger charge is -2.28. The molecule has 1 aromatic rings. The Kier molecular flexibility index (Phi) is 5.04. The third-order valence-electron chi connectivity index (χ3n) is 4.52. The van der Waals surface area contributed by atoms with Gasteiger partial charge in [-0.15, -0.1) is 0 Å². The van der Waals surface area contributed by atoms with Gasteiger partial charge in [0.05, 0.1) is 5.41 Å². The van der Waals surface area contributed by atoms with Crippen molar-refractivity contribution in [2.45, 2.75) is 39.2 Å². The average Bonchev–Trinajstić information content (AvgIpc) is 2.87. The van der Waals surface area contributed by atoms with Crippen molar-refractivity contribution in [3.63, 3.8) is 0 Å². The molecule has 5 heteroatoms. The summed E-state index contributed by atoms with van der Waals surface area (Å²) in [6, 6.07) is 4.78. The maximum Gasteiger partial charge on any atom is 0.310 e. The van der Waals surface area contributed by atoms with Crippen LogP contribution < -0.4 is 0 Å². The zero-order valence-electron chi connectivity index (χ0n) is 12.4. The predicted octanol–water partition coefficient (Wildman–Crippen LogP) is 4.23. The minimum atomic E-state index is -0.728. The molecule has 0 aliphatic carbocycles. The summed E-state index contributed by atoms with van der Waals surface area (Å²) in [7, 11) is 0. The second-order valence-electron chi connectivity index (χ2n) is 5.90. The number of likely N-dealkylation sites (tertiary alicyclic amines) is 1. The number of carboxylic acids is 1. The highest BCUT2D eigenvalue weighted by Crippen LogP contribution is 2.39. The first kappa shape index (κ1) is 16.4. The third kappa shape index (κ3) is 3.29. The van der Waals surface area contributed by atoms with Gasteiger partial charge in [0, 0.05) is 22.6 Å². The van der Waals surface area contributed by atoms with Crippen LogP contribution >= 0.6 is 15.9 Å². The van der Waals surface area contributed by atoms with Crippen LogP contribution in [0.2, 0.25) is 0 Å². The van der Waals surface area contributed by atoms with E-state index in [-0.39, 0.29) is 11.9 Å². The molecule has 0 radical (unpaired) electrons. The Morgan fingerprint density at radius 2 is 2.29 bits per heavy atom. The second-order valence-corrected chi connectivity index (χ2v) is 6.81. The van der Waals surface area contributed by atoms with Crippen LogP contribution in [0, 0.1) is 11.2 Å². The molecule has 2 atom stereocenters. The molecule has 116 valence electrons. The van der Waals surface area contributed by atoms with Crippen molar-refractivity contribution >= 4 is 21.9 Å². The summed E-state index contributed by atoms with van der Waals surface area (Å²) >= 11 is 3.36. The number of nitrogens with zero attached hydrogens (tertiary/aromatic N) is 1. The van der Waals surface area contributed by atoms with E-state index < -0.39 is 11.4 Å². The Labute approximate surface area is 133 Å². The molecule has 1 N–H and O–H groups in total. The number of carboxylic acid groups (broad SMARTS) is 1. The van der Waals surface area contributed by atoms with Gasteiger partial charge >= 0.3 is 5.97 Å². The van der Waals surface area contributed by atoms with Gasteiger partial charge in [0.2, 0.25) is 0 Å². The fourth-order valence-electron chi connectivity index (χ4n) is 3.23. The molecule has 1 fully saturated rings. The Hall–Kier alpha value is -0.940. The highest BCUT2D eigenvalue weighted by Gasteiger charge is 2.45. The van der Waals surface area contributed by atoms with Gasteiger partial charge in [-0.3, -0.25) is 9.69 Å². The lowest BCUT2D eigenvalue weighted by Crippen LogP contribution is -2.35. The summed E-state index contributed by atoms with van der Waals surface area (Å²) in [6.45, 7) is 5.13. The van der Waals surface area contributed by atoms with Crippen LogP contribution in [-0.4, -0.2) is 29.1 Å². The Morgan fingerprint density at radius 3 is 2.90 bits per heavy atom. The average molecular weight is 358 g/mol. The SMILES string of the molecule is CCCC1(C(=O)O)CCN(C(C)c2cc(Br)ccc2F)C1. The third-order valence-corrected chi connectivity index (χ3v) is 5.01. The number of benzene rings is 1. The van der Waals surface area contributed by atoms with E-state index in [4.69, 9.17) is 0 Å². The van der Waals surface area contributed by atoms with Gasteiger partial charge < -0.3 is 5.11 Å². The van der Waals surface area contributed by atoms with Crippen LogP contribution in [0.1, 0.15) is 44.7 Å². The maximum atomic E-state index is 14.0. The first-order valence-electron chi connectivity index (χ1n) is 7.32. The molecular formula is C16H21BrFNO2. The van der Waals surface area contributed by atoms with Crippen molar-refractivity contribution in [3.8, 4) is 0 Å². The molecule has 0 amide bonds. The first-order valence-corrected chi connectivity index (χ1v) is 8.11. The van der Waals surface area contributed by atoms with Crippen LogP contribution in [0.15, 0.2) is 22.7 Å². The van der Waals surface area contributed by atoms with Gasteiger partial charge in [0.15, 0.2) is 0 Å². The molecule has 0 saturated carbocycles. The van der Waals surface area contributed by atoms with E-state index in [0.717, 1.165) is 10.9 Å². The minimum Gasteiger partial charge on any atom is -0.481 e. The summed E-state index contributed by atoms with van der Waals surface area (Å²) in [5.74, 6) is -0.970. The molecule has 21 heavy (non-hydrogen) atoms. The molecule has 1 aromatic carbocycles. The standard InChI is InChI=1S/C16H21BrFNO2/c1-3-6-16(15(20)21)7-8-19(10-16)11(2)13-9-12(17)4-5-14(13)18/h4-5,9,11H,3,6-8,10H2,1-2H3,(H,20,21). The molecule has 3 nitrogen and oxygen atoms in total. The van der Waals surface area contributed by atoms with Gasteiger partial charge in [-0.05, 0) is 44.5 Å². The molecule has 2 unspecified atom stereocenters. The highest BCUT2D eigenvalue weighted by molar-refractivity contribution is 9.10. The van der Waals surface area contributed by atoms with Crippen molar-refractivity contribution in [1.82, 2.24) is 4.90 Å². The number of hydrogen-bond donors (Lipinski definition) is 1. The molecule has 1 aliphatic heterocycles. The lowest BCUT2D eigenvalue weighted by molar-refractivity contribution is -0.148. The second kappa shape index (κ2) is 6.44. The van der Waals surface area contributed by atoms with Gasteiger partial charge in [-0.2, -0.15) is 0 Å². The van der Waals surface area contributed by atoms with Gasteiger partial charge in [0.1, 0.15) is 5.82 Å². The van der Waals surface area contributed by atoms with Crippen molar-refractivity contribution in [2.75, 3.05) is 13.1 Å². The van der Waals surface area contributed by atoms with Gasteiger partial charge in [0.25, 0.3) is 0 Å². The van der Waals surface area contributed by atoms with E-state index in [9.17, 15) is 14.3 Å². The predicted molar refractivity (Wildman–Crippen MR) is 83.7 cm³/mol. The van der Waals surface area contributed by atoms with E-state index in [0.29, 0.717) is 31.5 Å². The van der Waals surface area contributed by atoms with Gasteiger partial charge in [-0.1, -0.05) is 29.3 Å². The maximum absolute atomic E-state index is 14.0. The van der Waals surface area contributed by atoms with E-state index >= 15 is 0 Å². The summed E-state index contributed by atoms with van der Waals surface area (Å²) in [5, 5.41) is 9.56. The minimum absolute atomic E-state index is 0.124. The molecule has 0 bridgehead atoms. The highest BCUT2D eigenvalue weighted by atomic mass is 79.9. The topological polar surface area (TPSA) is 40.5 Å². The van der Waals surface area contributed by atoms with Gasteiger partial charge in [-0.25, -0.2) is 4.39 Å². The first-order chi connectivity index (χ1) is 9.89. The van der Waals surface area contributed by atoms with Crippen LogP contribution in [0.4, 0.5) is 4.39 Å². The molecule has 0 aromatic heterocycles. The number of rotatable bonds is 5. The lowest BCUT2D eigenvalue weighted by atomic mass is 9.82. The molecule has 2 rings (SSSR count). The Bertz CT molecular complexity index is 537. The summed E-state index contributed by atoms with van der Waals surface area (Å²) in [4.78, 5) is 13.7. The number of halogens is 2. The Balaban J connectivity index is 2.20. The van der Waals surface area contributed by atoms with Crippen molar-refractivity contribution < 1.29 is 14.3 Å². The normalized spacial score (nSPS) is 24.2. The van der Waals surface area contributed by atoms with Crippen LogP contribution in [0.5, 0.6) is 0 Å². The summed E-state index contributed by atoms with van der Waals surface area (Å²) < 4.78 is 14.8. The zero-order valence-corrected chi connectivity index (χ0v) is 14.0. The molecule has 0 spiro atoms. The fraction of sp³-hybridized carbons (Fsp3) is 0.562. The van der Waals surface area contributed by atoms with E-state index in [1.54, 1.807) is 12.1 Å². The number of aliphatic carboxylic acids is 1. The monoisotopic (exact) mass is 357 g/mol. The van der Waals surface area contributed by atoms with Crippen molar-refractivity contribution in [3.05, 3.63) is 34.1 Å². The molecule has 1 saturated heterocycles. The largest absolute Gasteiger partial charge is 0.481 e. The van der Waals surface area contributed by atoms with Crippen molar-refractivity contribution in [1.29, 1.82) is 0 Å².